The van der Waals surface area contributed by atoms with Gasteiger partial charge >= 0.3 is 0 Å². The molecule has 1 heterocycles. The summed E-state index contributed by atoms with van der Waals surface area (Å²) in [6, 6.07) is 9.89. The van der Waals surface area contributed by atoms with Crippen LogP contribution in [-0.4, -0.2) is 13.9 Å². The summed E-state index contributed by atoms with van der Waals surface area (Å²) in [6.45, 7) is 0. The fourth-order valence-electron chi connectivity index (χ4n) is 1.26. The lowest BCUT2D eigenvalue weighted by molar-refractivity contribution is 1.19. The van der Waals surface area contributed by atoms with Crippen LogP contribution in [0.1, 0.15) is 0 Å². The van der Waals surface area contributed by atoms with Gasteiger partial charge in [0.25, 0.3) is 0 Å². The molecule has 70 valence electrons. The molecule has 0 amide bonds. The van der Waals surface area contributed by atoms with Crippen molar-refractivity contribution in [1.82, 2.24) is 9.55 Å². The van der Waals surface area contributed by atoms with Crippen LogP contribution in [0.2, 0.25) is 0 Å². The first-order valence-electron chi connectivity index (χ1n) is 4.11. The smallest absolute Gasteiger partial charge is 0.145 e. The Bertz CT molecular complexity index is 448. The third-order valence-electron chi connectivity index (χ3n) is 1.88. The largest absolute Gasteiger partial charge is 0.285 e. The fraction of sp³-hybridized carbons (Fsp3) is 0. The van der Waals surface area contributed by atoms with Crippen molar-refractivity contribution in [2.24, 2.45) is 0 Å². The van der Waals surface area contributed by atoms with Crippen molar-refractivity contribution >= 4 is 29.2 Å². The summed E-state index contributed by atoms with van der Waals surface area (Å²) in [7, 11) is 0. The number of thiocarbonyl (C=S) groups is 1. The van der Waals surface area contributed by atoms with Crippen molar-refractivity contribution in [2.75, 3.05) is 0 Å². The molecule has 0 N–H and O–H groups in total. The first kappa shape index (κ1) is 9.43. The number of hydrogen-bond acceptors (Lipinski definition) is 2. The van der Waals surface area contributed by atoms with Gasteiger partial charge < -0.3 is 0 Å². The second-order valence-corrected chi connectivity index (χ2v) is 3.88. The van der Waals surface area contributed by atoms with Crippen LogP contribution in [-0.2, 0) is 0 Å². The van der Waals surface area contributed by atoms with E-state index in [4.69, 9.17) is 12.2 Å². The van der Waals surface area contributed by atoms with Crippen molar-refractivity contribution in [3.8, 4) is 11.4 Å². The molecule has 0 saturated heterocycles. The lowest BCUT2D eigenvalue weighted by Crippen LogP contribution is -2.02. The molecule has 0 fully saturated rings. The van der Waals surface area contributed by atoms with E-state index in [0.29, 0.717) is 4.32 Å². The highest BCUT2D eigenvalue weighted by Gasteiger charge is 2.05. The summed E-state index contributed by atoms with van der Waals surface area (Å²) in [5.41, 5.74) is 1.04. The van der Waals surface area contributed by atoms with Gasteiger partial charge in [-0.05, 0) is 0 Å². The van der Waals surface area contributed by atoms with Gasteiger partial charge in [-0.1, -0.05) is 42.5 Å². The van der Waals surface area contributed by atoms with Gasteiger partial charge in [0.1, 0.15) is 10.1 Å². The molecule has 0 spiro atoms. The van der Waals surface area contributed by atoms with Crippen molar-refractivity contribution < 1.29 is 0 Å². The third kappa shape index (κ3) is 1.71. The lowest BCUT2D eigenvalue weighted by Gasteiger charge is -2.03. The van der Waals surface area contributed by atoms with Gasteiger partial charge in [0.05, 0.1) is 0 Å². The maximum absolute atomic E-state index is 4.99. The van der Waals surface area contributed by atoms with E-state index < -0.39 is 0 Å². The predicted octanol–water partition coefficient (Wildman–Crippen LogP) is 2.61. The molecule has 0 bridgehead atoms. The van der Waals surface area contributed by atoms with Crippen molar-refractivity contribution in [1.29, 1.82) is 0 Å². The average Bonchev–Trinajstić information content (AvgIpc) is 2.67. The molecule has 0 aliphatic heterocycles. The van der Waals surface area contributed by atoms with Gasteiger partial charge in [-0.3, -0.25) is 4.57 Å². The summed E-state index contributed by atoms with van der Waals surface area (Å²) in [5.74, 6) is 0.825. The highest BCUT2D eigenvalue weighted by atomic mass is 32.1. The van der Waals surface area contributed by atoms with E-state index >= 15 is 0 Å². The van der Waals surface area contributed by atoms with Gasteiger partial charge in [0.15, 0.2) is 0 Å². The van der Waals surface area contributed by atoms with Gasteiger partial charge in [0, 0.05) is 18.0 Å². The number of hydrogen-bond donors (Lipinski definition) is 1. The number of nitrogens with zero attached hydrogens (tertiary/aromatic N) is 2. The third-order valence-corrected chi connectivity index (χ3v) is 2.29. The van der Waals surface area contributed by atoms with E-state index in [9.17, 15) is 0 Å². The Morgan fingerprint density at radius 1 is 1.29 bits per heavy atom. The monoisotopic (exact) mass is 220 g/mol. The Morgan fingerprint density at radius 2 is 2.00 bits per heavy atom. The zero-order chi connectivity index (χ0) is 9.97. The van der Waals surface area contributed by atoms with Crippen molar-refractivity contribution in [3.05, 3.63) is 42.7 Å². The van der Waals surface area contributed by atoms with Crippen LogP contribution in [0.15, 0.2) is 42.7 Å². The molecule has 2 rings (SSSR count). The van der Waals surface area contributed by atoms with Crippen molar-refractivity contribution in [3.63, 3.8) is 0 Å². The van der Waals surface area contributed by atoms with E-state index in [1.165, 1.54) is 0 Å². The van der Waals surface area contributed by atoms with E-state index in [0.717, 1.165) is 11.4 Å². The second-order valence-electron chi connectivity index (χ2n) is 2.77. The molecule has 2 aromatic rings. The van der Waals surface area contributed by atoms with Gasteiger partial charge in [-0.15, -0.1) is 12.6 Å². The van der Waals surface area contributed by atoms with Crippen LogP contribution in [0.5, 0.6) is 0 Å². The van der Waals surface area contributed by atoms with Crippen molar-refractivity contribution in [2.45, 2.75) is 0 Å². The van der Waals surface area contributed by atoms with Crippen LogP contribution in [0.4, 0.5) is 0 Å². The van der Waals surface area contributed by atoms with Crippen LogP contribution < -0.4 is 0 Å². The van der Waals surface area contributed by atoms with Gasteiger partial charge in [0.2, 0.25) is 0 Å². The molecular weight excluding hydrogens is 212 g/mol. The highest BCUT2D eigenvalue weighted by molar-refractivity contribution is 8.11. The summed E-state index contributed by atoms with van der Waals surface area (Å²) in [4.78, 5) is 4.23. The summed E-state index contributed by atoms with van der Waals surface area (Å²) in [5, 5.41) is 0. The zero-order valence-electron chi connectivity index (χ0n) is 7.29. The molecule has 0 atom stereocenters. The second kappa shape index (κ2) is 3.94. The first-order valence-corrected chi connectivity index (χ1v) is 4.96. The van der Waals surface area contributed by atoms with E-state index in [1.807, 2.05) is 30.3 Å². The highest BCUT2D eigenvalue weighted by Crippen LogP contribution is 2.17. The predicted molar refractivity (Wildman–Crippen MR) is 64.6 cm³/mol. The SMILES string of the molecule is S=C(S)n1ccnc1-c1ccccc1. The van der Waals surface area contributed by atoms with Crippen LogP contribution in [0, 0.1) is 0 Å². The van der Waals surface area contributed by atoms with E-state index in [2.05, 4.69) is 17.6 Å². The Morgan fingerprint density at radius 3 is 2.64 bits per heavy atom. The van der Waals surface area contributed by atoms with Crippen LogP contribution in [0.25, 0.3) is 11.4 Å². The Hall–Kier alpha value is -1.13. The lowest BCUT2D eigenvalue weighted by atomic mass is 10.2. The number of rotatable bonds is 1. The van der Waals surface area contributed by atoms with E-state index in [1.54, 1.807) is 17.0 Å². The molecule has 0 saturated carbocycles. The Kier molecular flexibility index (Phi) is 2.65. The molecule has 0 unspecified atom stereocenters. The molecule has 14 heavy (non-hydrogen) atoms. The average molecular weight is 220 g/mol. The molecular formula is C10H8N2S2. The molecule has 0 aliphatic rings. The maximum Gasteiger partial charge on any atom is 0.145 e. The minimum atomic E-state index is 0.501. The van der Waals surface area contributed by atoms with Gasteiger partial charge in [-0.25, -0.2) is 4.98 Å². The van der Waals surface area contributed by atoms with E-state index in [-0.39, 0.29) is 0 Å². The minimum Gasteiger partial charge on any atom is -0.285 e. The summed E-state index contributed by atoms with van der Waals surface area (Å²) >= 11 is 9.12. The first-order chi connectivity index (χ1) is 6.79. The topological polar surface area (TPSA) is 17.8 Å². The molecule has 1 aromatic heterocycles. The zero-order valence-corrected chi connectivity index (χ0v) is 9.00. The normalized spacial score (nSPS) is 10.1. The number of benzene rings is 1. The summed E-state index contributed by atoms with van der Waals surface area (Å²) < 4.78 is 2.27. The number of thiol groups is 1. The van der Waals surface area contributed by atoms with Crippen LogP contribution >= 0.6 is 24.8 Å². The standard InChI is InChI=1S/C10H8N2S2/c13-10(14)12-7-6-11-9(12)8-4-2-1-3-5-8/h1-7H,(H,13,14). The Labute approximate surface area is 93.0 Å². The molecule has 0 radical (unpaired) electrons. The molecule has 2 nitrogen and oxygen atoms in total. The van der Waals surface area contributed by atoms with Crippen LogP contribution in [0.3, 0.4) is 0 Å². The number of aromatic nitrogens is 2. The quantitative estimate of drug-likeness (QED) is 0.588. The summed E-state index contributed by atoms with van der Waals surface area (Å²) in [6.07, 6.45) is 3.52. The molecule has 1 aromatic carbocycles. The maximum atomic E-state index is 4.99. The number of imidazole rings is 1. The fourth-order valence-corrected chi connectivity index (χ4v) is 1.57. The minimum absolute atomic E-state index is 0.501. The Balaban J connectivity index is 2.52. The van der Waals surface area contributed by atoms with Gasteiger partial charge in [-0.2, -0.15) is 0 Å². The molecule has 0 aliphatic carbocycles. The molecule has 4 heteroatoms.